The monoisotopic (exact) mass is 554 g/mol. The lowest BCUT2D eigenvalue weighted by molar-refractivity contribution is -0.132. The Bertz CT molecular complexity index is 1040. The van der Waals surface area contributed by atoms with Crippen LogP contribution in [0.2, 0.25) is 5.02 Å². The summed E-state index contributed by atoms with van der Waals surface area (Å²) in [7, 11) is 0. The summed E-state index contributed by atoms with van der Waals surface area (Å²) in [5.41, 5.74) is -1.23. The molecule has 2 fully saturated rings. The van der Waals surface area contributed by atoms with Crippen LogP contribution in [0.4, 0.5) is 24.5 Å². The predicted molar refractivity (Wildman–Crippen MR) is 146 cm³/mol. The summed E-state index contributed by atoms with van der Waals surface area (Å²) in [4.78, 5) is 19.5. The molecule has 10 heteroatoms. The van der Waals surface area contributed by atoms with Crippen LogP contribution in [0, 0.1) is 6.92 Å². The number of likely N-dealkylation sites (tertiary alicyclic amines) is 1. The van der Waals surface area contributed by atoms with E-state index >= 15 is 0 Å². The summed E-state index contributed by atoms with van der Waals surface area (Å²) < 4.78 is 38.3. The van der Waals surface area contributed by atoms with E-state index in [9.17, 15) is 18.0 Å². The van der Waals surface area contributed by atoms with Crippen LogP contribution in [-0.2, 0) is 4.79 Å². The Morgan fingerprint density at radius 3 is 2.35 bits per heavy atom. The molecule has 0 aromatic heterocycles. The van der Waals surface area contributed by atoms with Gasteiger partial charge in [0.2, 0.25) is 5.91 Å². The number of thioether (sulfide) groups is 1. The average molecular weight is 555 g/mol. The van der Waals surface area contributed by atoms with Crippen molar-refractivity contribution in [2.45, 2.75) is 49.1 Å². The third-order valence-corrected chi connectivity index (χ3v) is 8.24. The van der Waals surface area contributed by atoms with E-state index in [1.807, 2.05) is 4.90 Å². The van der Waals surface area contributed by atoms with Crippen molar-refractivity contribution in [2.75, 3.05) is 56.0 Å². The van der Waals surface area contributed by atoms with E-state index in [-0.39, 0.29) is 33.6 Å². The lowest BCUT2D eigenvalue weighted by Gasteiger charge is -2.36. The number of piperazine rings is 1. The maximum Gasteiger partial charge on any atom is 0.446 e. The molecule has 2 aliphatic heterocycles. The number of piperidine rings is 1. The highest BCUT2D eigenvalue weighted by Gasteiger charge is 2.30. The fourth-order valence-electron chi connectivity index (χ4n) is 4.90. The molecule has 0 unspecified atom stereocenters. The van der Waals surface area contributed by atoms with Crippen LogP contribution in [0.25, 0.3) is 0 Å². The van der Waals surface area contributed by atoms with Crippen LogP contribution in [0.3, 0.4) is 0 Å². The Labute approximate surface area is 226 Å². The average Bonchev–Trinajstić information content (AvgIpc) is 2.86. The Hall–Kier alpha value is -2.10. The number of halogens is 4. The number of amides is 1. The van der Waals surface area contributed by atoms with Gasteiger partial charge in [-0.05, 0) is 74.8 Å². The molecule has 0 spiro atoms. The number of benzene rings is 2. The normalized spacial score (nSPS) is 17.8. The van der Waals surface area contributed by atoms with Gasteiger partial charge in [0.05, 0.1) is 5.02 Å². The summed E-state index contributed by atoms with van der Waals surface area (Å²) in [6.45, 7) is 8.36. The molecule has 2 aromatic rings. The molecule has 2 saturated heterocycles. The van der Waals surface area contributed by atoms with Crippen molar-refractivity contribution in [3.05, 3.63) is 53.1 Å². The second kappa shape index (κ2) is 12.6. The Morgan fingerprint density at radius 2 is 1.70 bits per heavy atom. The Kier molecular flexibility index (Phi) is 9.53. The first-order chi connectivity index (χ1) is 17.7. The van der Waals surface area contributed by atoms with Crippen LogP contribution < -0.4 is 10.2 Å². The first kappa shape index (κ1) is 27.9. The van der Waals surface area contributed by atoms with Gasteiger partial charge in [-0.15, -0.1) is 0 Å². The van der Waals surface area contributed by atoms with Gasteiger partial charge >= 0.3 is 5.51 Å². The van der Waals surface area contributed by atoms with E-state index in [1.165, 1.54) is 23.4 Å². The van der Waals surface area contributed by atoms with Gasteiger partial charge in [-0.1, -0.05) is 29.3 Å². The van der Waals surface area contributed by atoms with E-state index in [4.69, 9.17) is 11.6 Å². The zero-order valence-electron chi connectivity index (χ0n) is 21.1. The molecule has 4 rings (SSSR count). The number of hydrogen-bond donors (Lipinski definition) is 1. The molecule has 0 aliphatic carbocycles. The first-order valence-corrected chi connectivity index (χ1v) is 14.0. The number of hydrogen-bond acceptors (Lipinski definition) is 5. The number of alkyl halides is 3. The highest BCUT2D eigenvalue weighted by atomic mass is 35.5. The summed E-state index contributed by atoms with van der Waals surface area (Å²) in [5, 5.41) is 3.39. The predicted octanol–water partition coefficient (Wildman–Crippen LogP) is 6.27. The topological polar surface area (TPSA) is 38.8 Å². The molecule has 0 bridgehead atoms. The Morgan fingerprint density at radius 1 is 1.03 bits per heavy atom. The minimum atomic E-state index is -4.39. The third-order valence-electron chi connectivity index (χ3n) is 7.01. The maximum absolute atomic E-state index is 12.8. The van der Waals surface area contributed by atoms with Crippen molar-refractivity contribution in [2.24, 2.45) is 0 Å². The second-order valence-corrected chi connectivity index (χ2v) is 11.3. The highest BCUT2D eigenvalue weighted by molar-refractivity contribution is 8.00. The van der Waals surface area contributed by atoms with E-state index in [0.717, 1.165) is 52.0 Å². The number of carbonyl (C=O) groups is 1. The van der Waals surface area contributed by atoms with Gasteiger partial charge in [-0.3, -0.25) is 9.69 Å². The summed E-state index contributed by atoms with van der Waals surface area (Å²) in [5.74, 6) is 0.187. The quantitative estimate of drug-likeness (QED) is 0.390. The van der Waals surface area contributed by atoms with Crippen molar-refractivity contribution >= 4 is 40.6 Å². The van der Waals surface area contributed by atoms with Crippen molar-refractivity contribution in [3.63, 3.8) is 0 Å². The van der Waals surface area contributed by atoms with Gasteiger partial charge < -0.3 is 15.1 Å². The van der Waals surface area contributed by atoms with E-state index in [2.05, 4.69) is 46.3 Å². The maximum atomic E-state index is 12.8. The molecular weight excluding hydrogens is 521 g/mol. The van der Waals surface area contributed by atoms with Crippen LogP contribution in [0.15, 0.2) is 47.4 Å². The molecule has 2 heterocycles. The van der Waals surface area contributed by atoms with Crippen molar-refractivity contribution in [1.82, 2.24) is 9.80 Å². The van der Waals surface area contributed by atoms with Crippen molar-refractivity contribution in [1.29, 1.82) is 0 Å². The molecule has 0 atom stereocenters. The molecule has 0 saturated carbocycles. The summed E-state index contributed by atoms with van der Waals surface area (Å²) in [6, 6.07) is 13.4. The van der Waals surface area contributed by atoms with Crippen LogP contribution in [-0.4, -0.2) is 73.1 Å². The SMILES string of the molecule is Cc1ccc(N2CCN(CCCC(=O)N3CCC(Nc4ccc(Cl)c(SC(F)(F)F)c4)CC3)CC2)cc1. The number of anilines is 2. The molecule has 2 aromatic carbocycles. The standard InChI is InChI=1S/C27H34ClF3N4OS/c1-20-4-7-23(8-5-20)34-17-15-33(16-18-34)12-2-3-26(36)35-13-10-21(11-14-35)32-22-6-9-24(28)25(19-22)37-27(29,30)31/h4-9,19,21,32H,2-3,10-18H2,1H3. The first-order valence-electron chi connectivity index (χ1n) is 12.8. The van der Waals surface area contributed by atoms with Crippen LogP contribution in [0.1, 0.15) is 31.2 Å². The molecule has 1 amide bonds. The highest BCUT2D eigenvalue weighted by Crippen LogP contribution is 2.41. The molecule has 0 radical (unpaired) electrons. The van der Waals surface area contributed by atoms with Gasteiger partial charge in [0.25, 0.3) is 0 Å². The van der Waals surface area contributed by atoms with Gasteiger partial charge in [0, 0.05) is 68.0 Å². The van der Waals surface area contributed by atoms with Gasteiger partial charge in [0.1, 0.15) is 0 Å². The van der Waals surface area contributed by atoms with Crippen LogP contribution in [0.5, 0.6) is 0 Å². The number of nitrogens with one attached hydrogen (secondary N) is 1. The number of rotatable bonds is 8. The molecule has 2 aliphatic rings. The number of aryl methyl sites for hydroxylation is 1. The fourth-order valence-corrected chi connectivity index (χ4v) is 5.74. The van der Waals surface area contributed by atoms with Gasteiger partial charge in [-0.2, -0.15) is 13.2 Å². The van der Waals surface area contributed by atoms with Gasteiger partial charge in [0.15, 0.2) is 0 Å². The molecule has 5 nitrogen and oxygen atoms in total. The molecular formula is C27H34ClF3N4OS. The van der Waals surface area contributed by atoms with Crippen molar-refractivity contribution < 1.29 is 18.0 Å². The smallest absolute Gasteiger partial charge is 0.382 e. The summed E-state index contributed by atoms with van der Waals surface area (Å²) >= 11 is 5.72. The zero-order chi connectivity index (χ0) is 26.4. The van der Waals surface area contributed by atoms with E-state index < -0.39 is 5.51 Å². The van der Waals surface area contributed by atoms with E-state index in [0.29, 0.717) is 25.2 Å². The van der Waals surface area contributed by atoms with Crippen LogP contribution >= 0.6 is 23.4 Å². The third kappa shape index (κ3) is 8.45. The number of nitrogens with zero attached hydrogens (tertiary/aromatic N) is 3. The fraction of sp³-hybridized carbons (Fsp3) is 0.519. The minimum absolute atomic E-state index is 0.0108. The zero-order valence-corrected chi connectivity index (χ0v) is 22.6. The lowest BCUT2D eigenvalue weighted by Crippen LogP contribution is -2.47. The Balaban J connectivity index is 1.14. The largest absolute Gasteiger partial charge is 0.446 e. The summed E-state index contributed by atoms with van der Waals surface area (Å²) in [6.07, 6.45) is 2.92. The lowest BCUT2D eigenvalue weighted by atomic mass is 10.0. The van der Waals surface area contributed by atoms with E-state index in [1.54, 1.807) is 6.07 Å². The second-order valence-electron chi connectivity index (χ2n) is 9.76. The number of carbonyl (C=O) groups excluding carboxylic acids is 1. The molecule has 37 heavy (non-hydrogen) atoms. The van der Waals surface area contributed by atoms with Gasteiger partial charge in [-0.25, -0.2) is 0 Å². The molecule has 1 N–H and O–H groups in total. The minimum Gasteiger partial charge on any atom is -0.382 e. The van der Waals surface area contributed by atoms with Crippen molar-refractivity contribution in [3.8, 4) is 0 Å². The molecule has 202 valence electrons.